The summed E-state index contributed by atoms with van der Waals surface area (Å²) in [7, 11) is 0. The van der Waals surface area contributed by atoms with Gasteiger partial charge in [-0.15, -0.1) is 0 Å². The molecule has 0 saturated heterocycles. The van der Waals surface area contributed by atoms with Gasteiger partial charge in [-0.05, 0) is 37.5 Å². The van der Waals surface area contributed by atoms with Crippen molar-refractivity contribution in [1.82, 2.24) is 5.32 Å². The number of benzene rings is 1. The first kappa shape index (κ1) is 17.9. The Bertz CT molecular complexity index is 645. The lowest BCUT2D eigenvalue weighted by molar-refractivity contribution is -0.120. The number of hydrogen-bond donors (Lipinski definition) is 3. The van der Waals surface area contributed by atoms with E-state index in [0.29, 0.717) is 25.9 Å². The van der Waals surface area contributed by atoms with Crippen molar-refractivity contribution in [2.45, 2.75) is 32.6 Å². The molecule has 128 valence electrons. The monoisotopic (exact) mass is 327 g/mol. The molecule has 5 nitrogen and oxygen atoms in total. The van der Waals surface area contributed by atoms with Crippen LogP contribution < -0.4 is 16.4 Å². The largest absolute Gasteiger partial charge is 0.355 e. The molecule has 0 saturated carbocycles. The lowest BCUT2D eigenvalue weighted by atomic mass is 9.97. The summed E-state index contributed by atoms with van der Waals surface area (Å²) in [6.45, 7) is 3.02. The summed E-state index contributed by atoms with van der Waals surface area (Å²) in [6, 6.07) is 7.35. The average molecular weight is 327 g/mol. The molecule has 24 heavy (non-hydrogen) atoms. The number of amides is 2. The summed E-state index contributed by atoms with van der Waals surface area (Å²) in [5.41, 5.74) is 9.50. The Morgan fingerprint density at radius 1 is 1.04 bits per heavy atom. The Morgan fingerprint density at radius 2 is 1.79 bits per heavy atom. The first-order valence-corrected chi connectivity index (χ1v) is 8.27. The molecule has 2 rings (SSSR count). The number of hydrogen-bond acceptors (Lipinski definition) is 3. The molecule has 2 amide bonds. The molecule has 0 fully saturated rings. The van der Waals surface area contributed by atoms with Crippen LogP contribution in [-0.2, 0) is 16.0 Å². The SMILES string of the molecule is CC1=CC=C(CC(=O)Nc2ccc(CC(=O)NCCN)cc2)CC1. The second-order valence-electron chi connectivity index (χ2n) is 6.08. The van der Waals surface area contributed by atoms with Crippen LogP contribution in [-0.4, -0.2) is 24.9 Å². The zero-order valence-corrected chi connectivity index (χ0v) is 14.1. The summed E-state index contributed by atoms with van der Waals surface area (Å²) in [4.78, 5) is 23.7. The molecule has 0 unspecified atom stereocenters. The van der Waals surface area contributed by atoms with E-state index in [1.165, 1.54) is 5.57 Å². The van der Waals surface area contributed by atoms with Gasteiger partial charge in [-0.2, -0.15) is 0 Å². The molecule has 0 bridgehead atoms. The molecular weight excluding hydrogens is 302 g/mol. The number of rotatable bonds is 7. The second kappa shape index (κ2) is 9.03. The topological polar surface area (TPSA) is 84.2 Å². The van der Waals surface area contributed by atoms with Crippen LogP contribution in [0.5, 0.6) is 0 Å². The maximum absolute atomic E-state index is 12.1. The summed E-state index contributed by atoms with van der Waals surface area (Å²) < 4.78 is 0. The van der Waals surface area contributed by atoms with Gasteiger partial charge in [-0.1, -0.05) is 35.4 Å². The van der Waals surface area contributed by atoms with Gasteiger partial charge in [0.25, 0.3) is 0 Å². The normalized spacial score (nSPS) is 13.8. The third-order valence-corrected chi connectivity index (χ3v) is 3.90. The quantitative estimate of drug-likeness (QED) is 0.718. The van der Waals surface area contributed by atoms with Crippen molar-refractivity contribution in [3.8, 4) is 0 Å². The molecule has 1 aliphatic rings. The molecule has 5 heteroatoms. The van der Waals surface area contributed by atoms with Crippen LogP contribution in [0, 0.1) is 0 Å². The van der Waals surface area contributed by atoms with E-state index in [0.717, 1.165) is 29.7 Å². The zero-order valence-electron chi connectivity index (χ0n) is 14.1. The minimum absolute atomic E-state index is 0.0114. The van der Waals surface area contributed by atoms with Crippen molar-refractivity contribution in [2.24, 2.45) is 5.73 Å². The van der Waals surface area contributed by atoms with Crippen LogP contribution >= 0.6 is 0 Å². The highest BCUT2D eigenvalue weighted by Crippen LogP contribution is 2.21. The van der Waals surface area contributed by atoms with E-state index < -0.39 is 0 Å². The van der Waals surface area contributed by atoms with Gasteiger partial charge >= 0.3 is 0 Å². The fraction of sp³-hybridized carbons (Fsp3) is 0.368. The van der Waals surface area contributed by atoms with Crippen molar-refractivity contribution >= 4 is 17.5 Å². The van der Waals surface area contributed by atoms with Gasteiger partial charge in [-0.25, -0.2) is 0 Å². The highest BCUT2D eigenvalue weighted by molar-refractivity contribution is 5.92. The van der Waals surface area contributed by atoms with Crippen molar-refractivity contribution in [3.05, 3.63) is 53.1 Å². The van der Waals surface area contributed by atoms with Gasteiger partial charge in [0, 0.05) is 25.2 Å². The number of carbonyl (C=O) groups excluding carboxylic acids is 2. The van der Waals surface area contributed by atoms with E-state index in [1.807, 2.05) is 30.3 Å². The molecule has 0 aromatic heterocycles. The Morgan fingerprint density at radius 3 is 2.42 bits per heavy atom. The van der Waals surface area contributed by atoms with E-state index in [4.69, 9.17) is 5.73 Å². The number of carbonyl (C=O) groups is 2. The molecule has 1 aromatic carbocycles. The highest BCUT2D eigenvalue weighted by atomic mass is 16.2. The molecule has 0 radical (unpaired) electrons. The number of nitrogens with two attached hydrogens (primary N) is 1. The van der Waals surface area contributed by atoms with Gasteiger partial charge in [0.05, 0.1) is 6.42 Å². The third kappa shape index (κ3) is 6.01. The van der Waals surface area contributed by atoms with Crippen LogP contribution in [0.15, 0.2) is 47.6 Å². The van der Waals surface area contributed by atoms with Crippen LogP contribution in [0.1, 0.15) is 31.7 Å². The van der Waals surface area contributed by atoms with Crippen LogP contribution in [0.4, 0.5) is 5.69 Å². The van der Waals surface area contributed by atoms with Crippen LogP contribution in [0.2, 0.25) is 0 Å². The maximum atomic E-state index is 12.1. The molecule has 0 heterocycles. The summed E-state index contributed by atoms with van der Waals surface area (Å²) >= 11 is 0. The highest BCUT2D eigenvalue weighted by Gasteiger charge is 2.09. The Balaban J connectivity index is 1.83. The summed E-state index contributed by atoms with van der Waals surface area (Å²) in [5, 5.41) is 5.63. The number of nitrogens with one attached hydrogen (secondary N) is 2. The molecule has 0 spiro atoms. The lowest BCUT2D eigenvalue weighted by Crippen LogP contribution is -2.30. The molecule has 1 aliphatic carbocycles. The molecule has 0 aliphatic heterocycles. The summed E-state index contributed by atoms with van der Waals surface area (Å²) in [6.07, 6.45) is 6.84. The molecule has 1 aromatic rings. The Hall–Kier alpha value is -2.40. The van der Waals surface area contributed by atoms with Gasteiger partial charge in [0.1, 0.15) is 0 Å². The first-order chi connectivity index (χ1) is 11.6. The van der Waals surface area contributed by atoms with Crippen LogP contribution in [0.3, 0.4) is 0 Å². The van der Waals surface area contributed by atoms with E-state index in [2.05, 4.69) is 23.6 Å². The van der Waals surface area contributed by atoms with Crippen molar-refractivity contribution in [3.63, 3.8) is 0 Å². The van der Waals surface area contributed by atoms with E-state index in [9.17, 15) is 9.59 Å². The summed E-state index contributed by atoms with van der Waals surface area (Å²) in [5.74, 6) is -0.0625. The first-order valence-electron chi connectivity index (χ1n) is 8.27. The smallest absolute Gasteiger partial charge is 0.228 e. The van der Waals surface area contributed by atoms with Gasteiger partial charge in [0.2, 0.25) is 11.8 Å². The fourth-order valence-corrected chi connectivity index (χ4v) is 2.51. The van der Waals surface area contributed by atoms with Gasteiger partial charge < -0.3 is 16.4 Å². The molecule has 0 atom stereocenters. The predicted molar refractivity (Wildman–Crippen MR) is 96.5 cm³/mol. The van der Waals surface area contributed by atoms with E-state index in [1.54, 1.807) is 0 Å². The van der Waals surface area contributed by atoms with Crippen molar-refractivity contribution in [2.75, 3.05) is 18.4 Å². The Kier molecular flexibility index (Phi) is 6.75. The van der Waals surface area contributed by atoms with Crippen molar-refractivity contribution in [1.29, 1.82) is 0 Å². The fourth-order valence-electron chi connectivity index (χ4n) is 2.51. The minimum Gasteiger partial charge on any atom is -0.355 e. The van der Waals surface area contributed by atoms with E-state index >= 15 is 0 Å². The van der Waals surface area contributed by atoms with Crippen LogP contribution in [0.25, 0.3) is 0 Å². The maximum Gasteiger partial charge on any atom is 0.228 e. The minimum atomic E-state index is -0.0511. The second-order valence-corrected chi connectivity index (χ2v) is 6.08. The molecule has 4 N–H and O–H groups in total. The van der Waals surface area contributed by atoms with Crippen molar-refractivity contribution < 1.29 is 9.59 Å². The third-order valence-electron chi connectivity index (χ3n) is 3.90. The van der Waals surface area contributed by atoms with Gasteiger partial charge in [-0.3, -0.25) is 9.59 Å². The Labute approximate surface area is 143 Å². The average Bonchev–Trinajstić information content (AvgIpc) is 2.57. The lowest BCUT2D eigenvalue weighted by Gasteiger charge is -2.12. The standard InChI is InChI=1S/C19H25N3O2/c1-14-2-4-15(5-3-14)13-19(24)22-17-8-6-16(7-9-17)12-18(23)21-11-10-20/h2,4,6-9H,3,5,10-13,20H2,1H3,(H,21,23)(H,22,24). The number of anilines is 1. The molecular formula is C19H25N3O2. The van der Waals surface area contributed by atoms with E-state index in [-0.39, 0.29) is 11.8 Å². The zero-order chi connectivity index (χ0) is 17.4. The number of allylic oxidation sites excluding steroid dienone is 3. The predicted octanol–water partition coefficient (Wildman–Crippen LogP) is 2.30. The van der Waals surface area contributed by atoms with Gasteiger partial charge in [0.15, 0.2) is 0 Å².